The molecule has 2 rings (SSSR count). The molecular formula is C22H34IN5O3. The van der Waals surface area contributed by atoms with Gasteiger partial charge >= 0.3 is 0 Å². The lowest BCUT2D eigenvalue weighted by Gasteiger charge is -2.22. The summed E-state index contributed by atoms with van der Waals surface area (Å²) >= 11 is 0. The van der Waals surface area contributed by atoms with Gasteiger partial charge in [0, 0.05) is 12.2 Å². The van der Waals surface area contributed by atoms with Gasteiger partial charge in [-0.1, -0.05) is 12.1 Å². The van der Waals surface area contributed by atoms with E-state index in [1.165, 1.54) is 0 Å². The first-order valence-electron chi connectivity index (χ1n) is 10.0. The molecule has 0 fully saturated rings. The lowest BCUT2D eigenvalue weighted by atomic mass is 10.0. The van der Waals surface area contributed by atoms with E-state index in [1.807, 2.05) is 63.2 Å². The number of amides is 1. The Labute approximate surface area is 201 Å². The lowest BCUT2D eigenvalue weighted by Crippen LogP contribution is -2.44. The predicted molar refractivity (Wildman–Crippen MR) is 135 cm³/mol. The standard InChI is InChI=1S/C22H33N5O3.HI/c1-6-23-21(25-15-22(3,29)19-11-10-16(2)30-19)24-13-17-8-7-9-18(12-17)26-20(28)14-27(4)5;/h7-12,29H,6,13-15H2,1-5H3,(H,26,28)(H2,23,24,25);1H. The third-order valence-electron chi connectivity index (χ3n) is 4.31. The normalized spacial score (nSPS) is 13.3. The molecule has 172 valence electrons. The summed E-state index contributed by atoms with van der Waals surface area (Å²) in [5.74, 6) is 1.78. The number of carbonyl (C=O) groups is 1. The molecule has 2 aromatic rings. The molecule has 0 aliphatic heterocycles. The van der Waals surface area contributed by atoms with Gasteiger partial charge in [0.2, 0.25) is 5.91 Å². The van der Waals surface area contributed by atoms with E-state index in [1.54, 1.807) is 13.0 Å². The topological polar surface area (TPSA) is 102 Å². The summed E-state index contributed by atoms with van der Waals surface area (Å²) in [5.41, 5.74) is 0.535. The van der Waals surface area contributed by atoms with E-state index < -0.39 is 5.60 Å². The van der Waals surface area contributed by atoms with Gasteiger partial charge in [0.15, 0.2) is 5.96 Å². The highest BCUT2D eigenvalue weighted by molar-refractivity contribution is 14.0. The number of carbonyl (C=O) groups excluding carboxylic acids is 1. The highest BCUT2D eigenvalue weighted by atomic mass is 127. The first-order valence-corrected chi connectivity index (χ1v) is 10.0. The molecule has 1 heterocycles. The summed E-state index contributed by atoms with van der Waals surface area (Å²) in [6.07, 6.45) is 0. The van der Waals surface area contributed by atoms with Crippen LogP contribution in [0.2, 0.25) is 0 Å². The minimum absolute atomic E-state index is 0. The summed E-state index contributed by atoms with van der Waals surface area (Å²) in [6, 6.07) is 11.2. The number of guanidine groups is 1. The highest BCUT2D eigenvalue weighted by Crippen LogP contribution is 2.21. The van der Waals surface area contributed by atoms with Gasteiger partial charge in [-0.25, -0.2) is 4.99 Å². The van der Waals surface area contributed by atoms with Gasteiger partial charge in [-0.2, -0.15) is 0 Å². The monoisotopic (exact) mass is 543 g/mol. The molecule has 0 aliphatic rings. The number of nitrogens with zero attached hydrogens (tertiary/aromatic N) is 2. The average Bonchev–Trinajstić information content (AvgIpc) is 3.11. The van der Waals surface area contributed by atoms with Crippen molar-refractivity contribution in [2.45, 2.75) is 32.9 Å². The van der Waals surface area contributed by atoms with Crippen molar-refractivity contribution >= 4 is 41.5 Å². The second-order valence-corrected chi connectivity index (χ2v) is 7.72. The van der Waals surface area contributed by atoms with Gasteiger partial charge in [-0.15, -0.1) is 24.0 Å². The first-order chi connectivity index (χ1) is 14.2. The van der Waals surface area contributed by atoms with Gasteiger partial charge in [0.25, 0.3) is 0 Å². The molecular weight excluding hydrogens is 509 g/mol. The van der Waals surface area contributed by atoms with E-state index in [-0.39, 0.29) is 36.4 Å². The Morgan fingerprint density at radius 1 is 1.23 bits per heavy atom. The van der Waals surface area contributed by atoms with Crippen LogP contribution in [0.3, 0.4) is 0 Å². The second-order valence-electron chi connectivity index (χ2n) is 7.72. The number of hydrogen-bond donors (Lipinski definition) is 4. The number of likely N-dealkylation sites (N-methyl/N-ethyl adjacent to an activating group) is 1. The van der Waals surface area contributed by atoms with Crippen LogP contribution in [0.25, 0.3) is 0 Å². The Morgan fingerprint density at radius 3 is 2.58 bits per heavy atom. The number of halogens is 1. The van der Waals surface area contributed by atoms with E-state index in [2.05, 4.69) is 20.9 Å². The fourth-order valence-electron chi connectivity index (χ4n) is 2.81. The van der Waals surface area contributed by atoms with E-state index in [4.69, 9.17) is 4.42 Å². The smallest absolute Gasteiger partial charge is 0.238 e. The number of benzene rings is 1. The summed E-state index contributed by atoms with van der Waals surface area (Å²) in [4.78, 5) is 18.4. The van der Waals surface area contributed by atoms with Gasteiger partial charge in [-0.05, 0) is 64.7 Å². The Bertz CT molecular complexity index is 864. The third kappa shape index (κ3) is 9.28. The molecule has 1 amide bonds. The maximum atomic E-state index is 12.0. The molecule has 0 spiro atoms. The van der Waals surface area contributed by atoms with Crippen molar-refractivity contribution in [3.05, 3.63) is 53.5 Å². The molecule has 31 heavy (non-hydrogen) atoms. The number of aryl methyl sites for hydroxylation is 1. The SMILES string of the molecule is CCNC(=NCc1cccc(NC(=O)CN(C)C)c1)NCC(C)(O)c1ccc(C)o1.I. The lowest BCUT2D eigenvalue weighted by molar-refractivity contribution is -0.116. The Kier molecular flexibility index (Phi) is 11.0. The van der Waals surface area contributed by atoms with E-state index in [9.17, 15) is 9.90 Å². The third-order valence-corrected chi connectivity index (χ3v) is 4.31. The fourth-order valence-corrected chi connectivity index (χ4v) is 2.81. The molecule has 8 nitrogen and oxygen atoms in total. The molecule has 0 bridgehead atoms. The zero-order chi connectivity index (χ0) is 22.1. The highest BCUT2D eigenvalue weighted by Gasteiger charge is 2.27. The van der Waals surface area contributed by atoms with Crippen LogP contribution in [0, 0.1) is 6.92 Å². The summed E-state index contributed by atoms with van der Waals surface area (Å²) < 4.78 is 5.55. The molecule has 0 saturated carbocycles. The van der Waals surface area contributed by atoms with Crippen molar-refractivity contribution in [1.82, 2.24) is 15.5 Å². The molecule has 4 N–H and O–H groups in total. The molecule has 0 radical (unpaired) electrons. The summed E-state index contributed by atoms with van der Waals surface area (Å²) in [6.45, 7) is 7.20. The Balaban J connectivity index is 0.00000480. The quantitative estimate of drug-likeness (QED) is 0.221. The second kappa shape index (κ2) is 12.7. The molecule has 1 unspecified atom stereocenters. The molecule has 1 aromatic carbocycles. The van der Waals surface area contributed by atoms with Gasteiger partial charge in [-0.3, -0.25) is 4.79 Å². The largest absolute Gasteiger partial charge is 0.463 e. The van der Waals surface area contributed by atoms with Crippen molar-refractivity contribution in [3.63, 3.8) is 0 Å². The average molecular weight is 543 g/mol. The van der Waals surface area contributed by atoms with E-state index in [0.29, 0.717) is 31.4 Å². The van der Waals surface area contributed by atoms with Crippen molar-refractivity contribution in [1.29, 1.82) is 0 Å². The predicted octanol–water partition coefficient (Wildman–Crippen LogP) is 2.67. The number of anilines is 1. The molecule has 9 heteroatoms. The zero-order valence-corrected chi connectivity index (χ0v) is 21.2. The Hall–Kier alpha value is -2.11. The molecule has 0 aliphatic carbocycles. The van der Waals surface area contributed by atoms with Crippen LogP contribution in [0.4, 0.5) is 5.69 Å². The van der Waals surface area contributed by atoms with Gasteiger partial charge < -0.3 is 30.4 Å². The minimum Gasteiger partial charge on any atom is -0.463 e. The molecule has 0 saturated heterocycles. The van der Waals surface area contributed by atoms with Crippen LogP contribution in [0.5, 0.6) is 0 Å². The Morgan fingerprint density at radius 2 is 1.97 bits per heavy atom. The van der Waals surface area contributed by atoms with E-state index >= 15 is 0 Å². The van der Waals surface area contributed by atoms with Crippen LogP contribution in [-0.2, 0) is 16.9 Å². The van der Waals surface area contributed by atoms with Crippen molar-refractivity contribution < 1.29 is 14.3 Å². The first kappa shape index (κ1) is 26.9. The fraction of sp³-hybridized carbons (Fsp3) is 0.455. The van der Waals surface area contributed by atoms with Crippen molar-refractivity contribution in [2.75, 3.05) is 39.0 Å². The van der Waals surface area contributed by atoms with Crippen LogP contribution in [0.1, 0.15) is 30.9 Å². The van der Waals surface area contributed by atoms with Crippen LogP contribution in [0.15, 0.2) is 45.8 Å². The minimum atomic E-state index is -1.17. The molecule has 1 atom stereocenters. The number of hydrogen-bond acceptors (Lipinski definition) is 5. The maximum Gasteiger partial charge on any atom is 0.238 e. The van der Waals surface area contributed by atoms with Crippen LogP contribution >= 0.6 is 24.0 Å². The van der Waals surface area contributed by atoms with Gasteiger partial charge in [0.05, 0.1) is 19.6 Å². The zero-order valence-electron chi connectivity index (χ0n) is 18.9. The van der Waals surface area contributed by atoms with Crippen molar-refractivity contribution in [3.8, 4) is 0 Å². The van der Waals surface area contributed by atoms with Crippen LogP contribution < -0.4 is 16.0 Å². The number of rotatable bonds is 9. The van der Waals surface area contributed by atoms with Crippen molar-refractivity contribution in [2.24, 2.45) is 4.99 Å². The number of furan rings is 1. The number of aliphatic imine (C=N–C) groups is 1. The van der Waals surface area contributed by atoms with E-state index in [0.717, 1.165) is 17.0 Å². The summed E-state index contributed by atoms with van der Waals surface area (Å²) in [5, 5.41) is 19.9. The summed E-state index contributed by atoms with van der Waals surface area (Å²) in [7, 11) is 3.70. The maximum absolute atomic E-state index is 12.0. The number of nitrogens with one attached hydrogen (secondary N) is 3. The van der Waals surface area contributed by atoms with Gasteiger partial charge in [0.1, 0.15) is 17.1 Å². The molecule has 1 aromatic heterocycles. The number of aliphatic hydroxyl groups is 1. The van der Waals surface area contributed by atoms with Crippen LogP contribution in [-0.4, -0.2) is 55.6 Å².